The summed E-state index contributed by atoms with van der Waals surface area (Å²) < 4.78 is 33.1. The van der Waals surface area contributed by atoms with Gasteiger partial charge >= 0.3 is 5.97 Å². The second kappa shape index (κ2) is 6.65. The van der Waals surface area contributed by atoms with Gasteiger partial charge in [-0.15, -0.1) is 0 Å². The molecule has 1 N–H and O–H groups in total. The largest absolute Gasteiger partial charge is 0.493 e. The Bertz CT molecular complexity index is 909. The van der Waals surface area contributed by atoms with Crippen molar-refractivity contribution in [2.45, 2.75) is 18.7 Å². The van der Waals surface area contributed by atoms with E-state index in [1.807, 2.05) is 19.1 Å². The molecule has 0 spiro atoms. The second-order valence-electron chi connectivity index (χ2n) is 6.28. The van der Waals surface area contributed by atoms with Crippen molar-refractivity contribution in [1.29, 1.82) is 0 Å². The van der Waals surface area contributed by atoms with Gasteiger partial charge in [-0.25, -0.2) is 8.42 Å². The van der Waals surface area contributed by atoms with Crippen LogP contribution in [0.15, 0.2) is 41.3 Å². The van der Waals surface area contributed by atoms with Gasteiger partial charge in [-0.2, -0.15) is 4.31 Å². The van der Waals surface area contributed by atoms with E-state index in [2.05, 4.69) is 0 Å². The molecule has 1 heterocycles. The second-order valence-corrected chi connectivity index (χ2v) is 8.19. The number of carboxylic acids is 1. The Morgan fingerprint density at radius 1 is 1.20 bits per heavy atom. The Hall–Kier alpha value is -2.12. The number of carbonyl (C=O) groups is 1. The zero-order valence-electron chi connectivity index (χ0n) is 14.2. The highest BCUT2D eigenvalue weighted by Gasteiger charge is 2.41. The zero-order chi connectivity index (χ0) is 18.2. The van der Waals surface area contributed by atoms with Gasteiger partial charge in [0.1, 0.15) is 5.75 Å². The lowest BCUT2D eigenvalue weighted by atomic mass is 9.99. The molecule has 0 unspecified atom stereocenters. The SMILES string of the molecule is CCOc1ccc(S(=O)(=O)N2C[C@@H](C)[C@H](C(=O)O)C2)c2ccccc12. The molecule has 134 valence electrons. The molecule has 0 amide bonds. The molecule has 0 saturated carbocycles. The Morgan fingerprint density at radius 3 is 2.48 bits per heavy atom. The average Bonchev–Trinajstić information content (AvgIpc) is 2.98. The fourth-order valence-electron chi connectivity index (χ4n) is 3.33. The Kier molecular flexibility index (Phi) is 4.71. The minimum absolute atomic E-state index is 0.000369. The minimum atomic E-state index is -3.78. The fourth-order valence-corrected chi connectivity index (χ4v) is 5.09. The van der Waals surface area contributed by atoms with Crippen molar-refractivity contribution >= 4 is 26.8 Å². The maximum Gasteiger partial charge on any atom is 0.308 e. The number of nitrogens with zero attached hydrogens (tertiary/aromatic N) is 1. The van der Waals surface area contributed by atoms with Crippen molar-refractivity contribution in [3.63, 3.8) is 0 Å². The van der Waals surface area contributed by atoms with Gasteiger partial charge in [-0.05, 0) is 25.0 Å². The number of sulfonamides is 1. The summed E-state index contributed by atoms with van der Waals surface area (Å²) in [5, 5.41) is 10.6. The summed E-state index contributed by atoms with van der Waals surface area (Å²) in [6, 6.07) is 10.4. The summed E-state index contributed by atoms with van der Waals surface area (Å²) in [7, 11) is -3.78. The molecule has 1 aliphatic rings. The smallest absolute Gasteiger partial charge is 0.308 e. The highest BCUT2D eigenvalue weighted by molar-refractivity contribution is 7.89. The van der Waals surface area contributed by atoms with Gasteiger partial charge in [0.15, 0.2) is 0 Å². The predicted octanol–water partition coefficient (Wildman–Crippen LogP) is 2.58. The van der Waals surface area contributed by atoms with E-state index in [0.717, 1.165) is 5.39 Å². The van der Waals surface area contributed by atoms with Crippen LogP contribution in [-0.4, -0.2) is 43.5 Å². The molecule has 0 radical (unpaired) electrons. The molecule has 1 fully saturated rings. The van der Waals surface area contributed by atoms with Crippen LogP contribution >= 0.6 is 0 Å². The Morgan fingerprint density at radius 2 is 1.88 bits per heavy atom. The van der Waals surface area contributed by atoms with Gasteiger partial charge in [-0.3, -0.25) is 4.79 Å². The summed E-state index contributed by atoms with van der Waals surface area (Å²) in [4.78, 5) is 11.5. The molecule has 0 bridgehead atoms. The van der Waals surface area contributed by atoms with Crippen LogP contribution in [0.3, 0.4) is 0 Å². The number of ether oxygens (including phenoxy) is 1. The van der Waals surface area contributed by atoms with E-state index in [4.69, 9.17) is 4.74 Å². The summed E-state index contributed by atoms with van der Waals surface area (Å²) in [6.07, 6.45) is 0. The summed E-state index contributed by atoms with van der Waals surface area (Å²) in [6.45, 7) is 4.34. The minimum Gasteiger partial charge on any atom is -0.493 e. The molecular formula is C18H21NO5S. The summed E-state index contributed by atoms with van der Waals surface area (Å²) in [5.74, 6) is -1.22. The van der Waals surface area contributed by atoms with Crippen molar-refractivity contribution in [3.8, 4) is 5.75 Å². The molecule has 0 aromatic heterocycles. The number of rotatable bonds is 5. The van der Waals surface area contributed by atoms with Gasteiger partial charge in [0, 0.05) is 23.9 Å². The van der Waals surface area contributed by atoms with Crippen LogP contribution in [0.25, 0.3) is 10.8 Å². The molecule has 7 heteroatoms. The predicted molar refractivity (Wildman–Crippen MR) is 94.2 cm³/mol. The highest BCUT2D eigenvalue weighted by atomic mass is 32.2. The first-order chi connectivity index (χ1) is 11.9. The van der Waals surface area contributed by atoms with Crippen molar-refractivity contribution in [2.24, 2.45) is 11.8 Å². The summed E-state index contributed by atoms with van der Waals surface area (Å²) in [5.41, 5.74) is 0. The normalized spacial score (nSPS) is 21.5. The van der Waals surface area contributed by atoms with E-state index in [-0.39, 0.29) is 23.9 Å². The standard InChI is InChI=1S/C18H21NO5S/c1-3-24-16-8-9-17(14-7-5-4-6-13(14)16)25(22,23)19-10-12(2)15(11-19)18(20)21/h4-9,12,15H,3,10-11H2,1-2H3,(H,20,21)/t12-,15-/m1/s1. The molecule has 0 aliphatic carbocycles. The number of benzene rings is 2. The van der Waals surface area contributed by atoms with Crippen molar-refractivity contribution in [3.05, 3.63) is 36.4 Å². The fraction of sp³-hybridized carbons (Fsp3) is 0.389. The molecule has 1 saturated heterocycles. The molecule has 2 aromatic carbocycles. The number of aliphatic carboxylic acids is 1. The first-order valence-corrected chi connectivity index (χ1v) is 9.67. The van der Waals surface area contributed by atoms with Crippen LogP contribution < -0.4 is 4.74 Å². The highest BCUT2D eigenvalue weighted by Crippen LogP contribution is 2.35. The van der Waals surface area contributed by atoms with Crippen LogP contribution in [0.2, 0.25) is 0 Å². The Balaban J connectivity index is 2.07. The number of fused-ring (bicyclic) bond motifs is 1. The van der Waals surface area contributed by atoms with Crippen LogP contribution in [0.5, 0.6) is 5.75 Å². The van der Waals surface area contributed by atoms with Crippen LogP contribution in [0.1, 0.15) is 13.8 Å². The maximum absolute atomic E-state index is 13.1. The van der Waals surface area contributed by atoms with Gasteiger partial charge in [0.2, 0.25) is 10.0 Å². The summed E-state index contributed by atoms with van der Waals surface area (Å²) >= 11 is 0. The van der Waals surface area contributed by atoms with Crippen molar-refractivity contribution < 1.29 is 23.1 Å². The van der Waals surface area contributed by atoms with Crippen LogP contribution in [0, 0.1) is 11.8 Å². The third-order valence-corrected chi connectivity index (χ3v) is 6.55. The monoisotopic (exact) mass is 363 g/mol. The van der Waals surface area contributed by atoms with Crippen LogP contribution in [0.4, 0.5) is 0 Å². The lowest BCUT2D eigenvalue weighted by Crippen LogP contribution is -2.30. The third kappa shape index (κ3) is 3.09. The first-order valence-electron chi connectivity index (χ1n) is 8.23. The van der Waals surface area contributed by atoms with Crippen molar-refractivity contribution in [2.75, 3.05) is 19.7 Å². The molecule has 25 heavy (non-hydrogen) atoms. The third-order valence-electron chi connectivity index (χ3n) is 4.66. The number of hydrogen-bond acceptors (Lipinski definition) is 4. The molecule has 2 atom stereocenters. The number of carboxylic acid groups (broad SMARTS) is 1. The van der Waals surface area contributed by atoms with Crippen LogP contribution in [-0.2, 0) is 14.8 Å². The first kappa shape index (κ1) is 17.7. The van der Waals surface area contributed by atoms with E-state index >= 15 is 0 Å². The quantitative estimate of drug-likeness (QED) is 0.883. The molecule has 2 aromatic rings. The topological polar surface area (TPSA) is 83.9 Å². The maximum atomic E-state index is 13.1. The molecule has 6 nitrogen and oxygen atoms in total. The lowest BCUT2D eigenvalue weighted by molar-refractivity contribution is -0.142. The van der Waals surface area contributed by atoms with Gasteiger partial charge in [0.25, 0.3) is 0 Å². The van der Waals surface area contributed by atoms with Gasteiger partial charge in [-0.1, -0.05) is 31.2 Å². The molecular weight excluding hydrogens is 342 g/mol. The van der Waals surface area contributed by atoms with E-state index in [9.17, 15) is 18.3 Å². The lowest BCUT2D eigenvalue weighted by Gasteiger charge is -2.18. The number of hydrogen-bond donors (Lipinski definition) is 1. The zero-order valence-corrected chi connectivity index (χ0v) is 15.0. The average molecular weight is 363 g/mol. The van der Waals surface area contributed by atoms with E-state index in [1.54, 1.807) is 31.2 Å². The van der Waals surface area contributed by atoms with E-state index < -0.39 is 21.9 Å². The van der Waals surface area contributed by atoms with E-state index in [1.165, 1.54) is 4.31 Å². The van der Waals surface area contributed by atoms with Crippen molar-refractivity contribution in [1.82, 2.24) is 4.31 Å². The Labute approximate surface area is 147 Å². The van der Waals surface area contributed by atoms with Gasteiger partial charge < -0.3 is 9.84 Å². The molecule has 1 aliphatic heterocycles. The van der Waals surface area contributed by atoms with E-state index in [0.29, 0.717) is 17.7 Å². The molecule has 3 rings (SSSR count). The van der Waals surface area contributed by atoms with Gasteiger partial charge in [0.05, 0.1) is 17.4 Å².